The third-order valence-corrected chi connectivity index (χ3v) is 9.77. The van der Waals surface area contributed by atoms with Gasteiger partial charge in [0.05, 0.1) is 18.0 Å². The first kappa shape index (κ1) is 33.5. The summed E-state index contributed by atoms with van der Waals surface area (Å²) in [6, 6.07) is 61.1. The van der Waals surface area contributed by atoms with Crippen LogP contribution in [0.3, 0.4) is 0 Å². The fourth-order valence-electron chi connectivity index (χ4n) is 7.22. The van der Waals surface area contributed by atoms with Crippen LogP contribution in [0.4, 0.5) is 39.8 Å². The van der Waals surface area contributed by atoms with Crippen LogP contribution in [-0.2, 0) is 26.5 Å². The van der Waals surface area contributed by atoms with Crippen molar-refractivity contribution in [2.45, 2.75) is 26.2 Å². The Kier molecular flexibility index (Phi) is 8.69. The molecule has 0 N–H and O–H groups in total. The van der Waals surface area contributed by atoms with E-state index >= 15 is 0 Å². The normalized spacial score (nSPS) is 12.6. The van der Waals surface area contributed by atoms with E-state index in [1.54, 1.807) is 0 Å². The third-order valence-electron chi connectivity index (χ3n) is 9.77. The zero-order valence-electron chi connectivity index (χ0n) is 29.3. The van der Waals surface area contributed by atoms with Gasteiger partial charge in [-0.3, -0.25) is 0 Å². The summed E-state index contributed by atoms with van der Waals surface area (Å²) >= 11 is 0. The second-order valence-electron chi connectivity index (χ2n) is 14.0. The molecule has 0 atom stereocenters. The molecule has 0 fully saturated rings. The number of aromatic nitrogens is 2. The minimum atomic E-state index is -0.00966. The molecule has 9 rings (SSSR count). The Hall–Kier alpha value is -5.64. The summed E-state index contributed by atoms with van der Waals surface area (Å²) in [5, 5.41) is 2.31. The summed E-state index contributed by atoms with van der Waals surface area (Å²) < 4.78 is 2.26. The van der Waals surface area contributed by atoms with Gasteiger partial charge in [0.2, 0.25) is 0 Å². The Morgan fingerprint density at radius 2 is 1.29 bits per heavy atom. The first-order valence-corrected chi connectivity index (χ1v) is 17.4. The Morgan fingerprint density at radius 3 is 2.06 bits per heavy atom. The molecule has 8 aromatic rings. The largest absolute Gasteiger partial charge is 2.00 e. The van der Waals surface area contributed by atoms with Gasteiger partial charge in [0.1, 0.15) is 5.82 Å². The Morgan fingerprint density at radius 1 is 0.615 bits per heavy atom. The van der Waals surface area contributed by atoms with Crippen LogP contribution in [0.1, 0.15) is 26.3 Å². The molecule has 0 radical (unpaired) electrons. The van der Waals surface area contributed by atoms with Crippen LogP contribution in [0.15, 0.2) is 158 Å². The SMILES string of the molecule is CC(C)(C)c1ccnc(-n2c3[c-]c(N(c4[c-]c(N5CN(c6ccccc6)c6ccccc65)ccc4)c4ccccc4)ccc3c3ccccc32)c1.[Pt+2]. The maximum absolute atomic E-state index is 4.90. The van der Waals surface area contributed by atoms with Gasteiger partial charge in [-0.1, -0.05) is 110 Å². The molecular formula is C46H37N5Pt. The van der Waals surface area contributed by atoms with Gasteiger partial charge in [-0.05, 0) is 71.0 Å². The number of anilines is 7. The molecule has 0 aliphatic carbocycles. The van der Waals surface area contributed by atoms with Gasteiger partial charge in [0, 0.05) is 23.1 Å². The van der Waals surface area contributed by atoms with Crippen molar-refractivity contribution < 1.29 is 21.1 Å². The number of nitrogens with zero attached hydrogens (tertiary/aromatic N) is 5. The van der Waals surface area contributed by atoms with Crippen molar-refractivity contribution >= 4 is 61.6 Å². The molecule has 256 valence electrons. The summed E-state index contributed by atoms with van der Waals surface area (Å²) in [6.07, 6.45) is 1.92. The predicted molar refractivity (Wildman–Crippen MR) is 212 cm³/mol. The first-order valence-electron chi connectivity index (χ1n) is 17.4. The zero-order chi connectivity index (χ0) is 34.5. The van der Waals surface area contributed by atoms with Crippen LogP contribution in [0.5, 0.6) is 0 Å². The van der Waals surface area contributed by atoms with E-state index in [2.05, 4.69) is 204 Å². The van der Waals surface area contributed by atoms with Crippen molar-refractivity contribution in [1.29, 1.82) is 0 Å². The van der Waals surface area contributed by atoms with Crippen molar-refractivity contribution in [3.63, 3.8) is 0 Å². The van der Waals surface area contributed by atoms with Gasteiger partial charge in [0.15, 0.2) is 0 Å². The Labute approximate surface area is 319 Å². The summed E-state index contributed by atoms with van der Waals surface area (Å²) in [5.74, 6) is 0.887. The average molecular weight is 855 g/mol. The van der Waals surface area contributed by atoms with Gasteiger partial charge in [-0.25, -0.2) is 4.98 Å². The van der Waals surface area contributed by atoms with Gasteiger partial charge in [0.25, 0.3) is 0 Å². The zero-order valence-corrected chi connectivity index (χ0v) is 31.5. The molecule has 1 aliphatic heterocycles. The molecule has 5 nitrogen and oxygen atoms in total. The Bertz CT molecular complexity index is 2520. The topological polar surface area (TPSA) is 27.5 Å². The molecule has 52 heavy (non-hydrogen) atoms. The van der Waals surface area contributed by atoms with Gasteiger partial charge in [-0.15, -0.1) is 35.7 Å². The van der Waals surface area contributed by atoms with E-state index in [1.165, 1.54) is 16.6 Å². The fraction of sp³-hybridized carbons (Fsp3) is 0.109. The molecule has 3 heterocycles. The number of hydrogen-bond donors (Lipinski definition) is 0. The Balaban J connectivity index is 0.00000387. The molecule has 1 aliphatic rings. The molecule has 6 aromatic carbocycles. The molecule has 0 bridgehead atoms. The third kappa shape index (κ3) is 5.85. The number of hydrogen-bond acceptors (Lipinski definition) is 4. The van der Waals surface area contributed by atoms with E-state index in [0.29, 0.717) is 6.67 Å². The van der Waals surface area contributed by atoms with Crippen molar-refractivity contribution in [3.8, 4) is 5.82 Å². The standard InChI is InChI=1S/C46H37N5.Pt/c1-46(2,3)33-27-28-47-45(29-33)51-41-22-11-10-21-39(41)40-26-25-38(31-44(40)51)50(35-17-8-5-9-18-35)37-20-14-19-36(30-37)49-32-48(34-15-6-4-7-16-34)42-23-12-13-24-43(42)49;/h4-29H,32H2,1-3H3;/q-2;+2. The quantitative estimate of drug-likeness (QED) is 0.156. The van der Waals surface area contributed by atoms with Gasteiger partial charge in [-0.2, -0.15) is 12.1 Å². The van der Waals surface area contributed by atoms with Crippen LogP contribution >= 0.6 is 0 Å². The number of benzene rings is 6. The molecular weight excluding hydrogens is 818 g/mol. The number of fused-ring (bicyclic) bond motifs is 4. The maximum atomic E-state index is 4.90. The van der Waals surface area contributed by atoms with E-state index in [9.17, 15) is 0 Å². The summed E-state index contributed by atoms with van der Waals surface area (Å²) in [5.41, 5.74) is 10.7. The van der Waals surface area contributed by atoms with Crippen molar-refractivity contribution in [1.82, 2.24) is 9.55 Å². The van der Waals surface area contributed by atoms with Crippen LogP contribution in [0.25, 0.3) is 27.6 Å². The van der Waals surface area contributed by atoms with Crippen LogP contribution < -0.4 is 14.7 Å². The van der Waals surface area contributed by atoms with E-state index in [0.717, 1.165) is 56.4 Å². The molecule has 0 spiro atoms. The van der Waals surface area contributed by atoms with Gasteiger partial charge < -0.3 is 19.3 Å². The smallest absolute Gasteiger partial charge is 0.358 e. The second-order valence-corrected chi connectivity index (χ2v) is 14.0. The van der Waals surface area contributed by atoms with Crippen LogP contribution in [0.2, 0.25) is 0 Å². The predicted octanol–water partition coefficient (Wildman–Crippen LogP) is 11.8. The van der Waals surface area contributed by atoms with E-state index in [1.807, 2.05) is 6.20 Å². The molecule has 0 unspecified atom stereocenters. The molecule has 0 saturated heterocycles. The minimum Gasteiger partial charge on any atom is -0.358 e. The summed E-state index contributed by atoms with van der Waals surface area (Å²) in [4.78, 5) is 11.8. The molecule has 0 saturated carbocycles. The van der Waals surface area contributed by atoms with Crippen molar-refractivity contribution in [2.24, 2.45) is 0 Å². The van der Waals surface area contributed by atoms with Crippen LogP contribution in [0, 0.1) is 12.1 Å². The van der Waals surface area contributed by atoms with Gasteiger partial charge >= 0.3 is 21.1 Å². The summed E-state index contributed by atoms with van der Waals surface area (Å²) in [7, 11) is 0. The number of pyridine rings is 1. The second kappa shape index (κ2) is 13.5. The number of para-hydroxylation sites is 5. The molecule has 2 aromatic heterocycles. The van der Waals surface area contributed by atoms with E-state index in [4.69, 9.17) is 4.98 Å². The summed E-state index contributed by atoms with van der Waals surface area (Å²) in [6.45, 7) is 7.41. The van der Waals surface area contributed by atoms with Crippen LogP contribution in [-0.4, -0.2) is 16.2 Å². The number of rotatable bonds is 6. The molecule has 0 amide bonds. The maximum Gasteiger partial charge on any atom is 2.00 e. The molecule has 6 heteroatoms. The van der Waals surface area contributed by atoms with Crippen molar-refractivity contribution in [2.75, 3.05) is 21.4 Å². The van der Waals surface area contributed by atoms with E-state index in [-0.39, 0.29) is 26.5 Å². The minimum absolute atomic E-state index is 0. The fourth-order valence-corrected chi connectivity index (χ4v) is 7.22. The van der Waals surface area contributed by atoms with E-state index < -0.39 is 0 Å². The van der Waals surface area contributed by atoms with Crippen molar-refractivity contribution in [3.05, 3.63) is 176 Å². The average Bonchev–Trinajstić information content (AvgIpc) is 3.72. The first-order chi connectivity index (χ1) is 24.9. The monoisotopic (exact) mass is 854 g/mol.